The number of nitrogens with one attached hydrogen (secondary N) is 1. The minimum absolute atomic E-state index is 0.115. The van der Waals surface area contributed by atoms with E-state index in [0.717, 1.165) is 17.1 Å². The van der Waals surface area contributed by atoms with E-state index in [0.29, 0.717) is 13.1 Å². The van der Waals surface area contributed by atoms with Gasteiger partial charge in [0.25, 0.3) is 0 Å². The first-order valence-electron chi connectivity index (χ1n) is 6.83. The van der Waals surface area contributed by atoms with Crippen molar-refractivity contribution in [2.75, 3.05) is 13.7 Å². The Labute approximate surface area is 121 Å². The molecule has 0 aliphatic heterocycles. The quantitative estimate of drug-likeness (QED) is 0.831. The van der Waals surface area contributed by atoms with Crippen molar-refractivity contribution < 1.29 is 9.47 Å². The minimum Gasteiger partial charge on any atom is -0.493 e. The SMILES string of the molecule is COc1cc(CNCC(C)(C)C#N)ccc1OC(C)C. The van der Waals surface area contributed by atoms with E-state index >= 15 is 0 Å². The van der Waals surface area contributed by atoms with E-state index in [9.17, 15) is 0 Å². The normalized spacial score (nSPS) is 11.2. The molecule has 0 radical (unpaired) electrons. The molecule has 4 heteroatoms. The minimum atomic E-state index is -0.356. The number of nitrogens with zero attached hydrogens (tertiary/aromatic N) is 1. The van der Waals surface area contributed by atoms with E-state index < -0.39 is 0 Å². The lowest BCUT2D eigenvalue weighted by molar-refractivity contribution is 0.230. The first-order chi connectivity index (χ1) is 9.38. The van der Waals surface area contributed by atoms with Gasteiger partial charge in [0.15, 0.2) is 11.5 Å². The largest absolute Gasteiger partial charge is 0.493 e. The molecule has 0 aliphatic rings. The van der Waals surface area contributed by atoms with E-state index in [2.05, 4.69) is 11.4 Å². The zero-order chi connectivity index (χ0) is 15.2. The predicted molar refractivity (Wildman–Crippen MR) is 79.9 cm³/mol. The number of rotatable bonds is 7. The number of methoxy groups -OCH3 is 1. The average Bonchev–Trinajstić information content (AvgIpc) is 2.39. The van der Waals surface area contributed by atoms with Crippen LogP contribution in [0.5, 0.6) is 11.5 Å². The Morgan fingerprint density at radius 2 is 2.00 bits per heavy atom. The highest BCUT2D eigenvalue weighted by atomic mass is 16.5. The van der Waals surface area contributed by atoms with Gasteiger partial charge in [-0.1, -0.05) is 6.07 Å². The zero-order valence-electron chi connectivity index (χ0n) is 13.0. The first-order valence-corrected chi connectivity index (χ1v) is 6.83. The number of ether oxygens (including phenoxy) is 2. The number of hydrogen-bond acceptors (Lipinski definition) is 4. The molecule has 1 aromatic rings. The Morgan fingerprint density at radius 1 is 1.30 bits per heavy atom. The van der Waals surface area contributed by atoms with Crippen LogP contribution in [-0.2, 0) is 6.54 Å². The highest BCUT2D eigenvalue weighted by Crippen LogP contribution is 2.29. The van der Waals surface area contributed by atoms with E-state index in [1.54, 1.807) is 7.11 Å². The van der Waals surface area contributed by atoms with Crippen molar-refractivity contribution in [2.24, 2.45) is 5.41 Å². The molecule has 0 bridgehead atoms. The third-order valence-corrected chi connectivity index (χ3v) is 2.79. The molecule has 1 rings (SSSR count). The van der Waals surface area contributed by atoms with Crippen LogP contribution in [-0.4, -0.2) is 19.8 Å². The van der Waals surface area contributed by atoms with E-state index in [1.807, 2.05) is 45.9 Å². The van der Waals surface area contributed by atoms with Crippen LogP contribution in [0.1, 0.15) is 33.3 Å². The van der Waals surface area contributed by atoms with Crippen LogP contribution in [0.3, 0.4) is 0 Å². The molecule has 0 spiro atoms. The average molecular weight is 276 g/mol. The summed E-state index contributed by atoms with van der Waals surface area (Å²) in [5.74, 6) is 1.49. The maximum absolute atomic E-state index is 8.97. The Kier molecular flexibility index (Phi) is 5.84. The lowest BCUT2D eigenvalue weighted by atomic mass is 9.96. The predicted octanol–water partition coefficient (Wildman–Crippen LogP) is 3.12. The van der Waals surface area contributed by atoms with Gasteiger partial charge < -0.3 is 14.8 Å². The zero-order valence-corrected chi connectivity index (χ0v) is 13.0. The van der Waals surface area contributed by atoms with Gasteiger partial charge in [-0.3, -0.25) is 0 Å². The van der Waals surface area contributed by atoms with Crippen LogP contribution in [0.15, 0.2) is 18.2 Å². The summed E-state index contributed by atoms with van der Waals surface area (Å²) in [6, 6.07) is 8.16. The van der Waals surface area contributed by atoms with Gasteiger partial charge in [-0.05, 0) is 45.4 Å². The van der Waals surface area contributed by atoms with Crippen molar-refractivity contribution in [1.29, 1.82) is 5.26 Å². The van der Waals surface area contributed by atoms with Gasteiger partial charge in [-0.2, -0.15) is 5.26 Å². The molecule has 0 saturated carbocycles. The lowest BCUT2D eigenvalue weighted by Gasteiger charge is -2.17. The lowest BCUT2D eigenvalue weighted by Crippen LogP contribution is -2.27. The smallest absolute Gasteiger partial charge is 0.161 e. The van der Waals surface area contributed by atoms with Gasteiger partial charge in [0, 0.05) is 13.1 Å². The standard InChI is InChI=1S/C16H24N2O2/c1-12(2)20-14-7-6-13(8-15(14)19-5)9-18-11-16(3,4)10-17/h6-8,12,18H,9,11H2,1-5H3. The summed E-state index contributed by atoms with van der Waals surface area (Å²) in [4.78, 5) is 0. The van der Waals surface area contributed by atoms with Crippen molar-refractivity contribution in [3.63, 3.8) is 0 Å². The van der Waals surface area contributed by atoms with Crippen LogP contribution in [0.2, 0.25) is 0 Å². The van der Waals surface area contributed by atoms with Crippen LogP contribution in [0.4, 0.5) is 0 Å². The fraction of sp³-hybridized carbons (Fsp3) is 0.562. The van der Waals surface area contributed by atoms with Crippen molar-refractivity contribution in [3.8, 4) is 17.6 Å². The van der Waals surface area contributed by atoms with Gasteiger partial charge in [-0.15, -0.1) is 0 Å². The molecule has 1 aromatic carbocycles. The number of hydrogen-bond donors (Lipinski definition) is 1. The summed E-state index contributed by atoms with van der Waals surface area (Å²) in [7, 11) is 1.64. The summed E-state index contributed by atoms with van der Waals surface area (Å²) in [5.41, 5.74) is 0.747. The summed E-state index contributed by atoms with van der Waals surface area (Å²) < 4.78 is 11.0. The molecule has 0 fully saturated rings. The maximum Gasteiger partial charge on any atom is 0.161 e. The number of benzene rings is 1. The van der Waals surface area contributed by atoms with E-state index in [-0.39, 0.29) is 11.5 Å². The Balaban J connectivity index is 2.67. The molecule has 0 atom stereocenters. The van der Waals surface area contributed by atoms with Gasteiger partial charge in [0.05, 0.1) is 24.7 Å². The van der Waals surface area contributed by atoms with Crippen LogP contribution in [0, 0.1) is 16.7 Å². The second-order valence-electron chi connectivity index (χ2n) is 5.75. The Morgan fingerprint density at radius 3 is 2.55 bits per heavy atom. The molecular weight excluding hydrogens is 252 g/mol. The van der Waals surface area contributed by atoms with Gasteiger partial charge in [0.2, 0.25) is 0 Å². The molecular formula is C16H24N2O2. The van der Waals surface area contributed by atoms with Crippen LogP contribution in [0.25, 0.3) is 0 Å². The van der Waals surface area contributed by atoms with Gasteiger partial charge in [0.1, 0.15) is 0 Å². The second kappa shape index (κ2) is 7.16. The molecule has 0 aromatic heterocycles. The number of nitriles is 1. The fourth-order valence-electron chi connectivity index (χ4n) is 1.73. The van der Waals surface area contributed by atoms with Crippen molar-refractivity contribution in [3.05, 3.63) is 23.8 Å². The molecule has 20 heavy (non-hydrogen) atoms. The highest BCUT2D eigenvalue weighted by molar-refractivity contribution is 5.43. The molecule has 0 saturated heterocycles. The molecule has 0 heterocycles. The first kappa shape index (κ1) is 16.3. The topological polar surface area (TPSA) is 54.3 Å². The molecule has 1 N–H and O–H groups in total. The Hall–Kier alpha value is -1.73. The van der Waals surface area contributed by atoms with Crippen molar-refractivity contribution in [1.82, 2.24) is 5.32 Å². The second-order valence-corrected chi connectivity index (χ2v) is 5.75. The molecule has 0 unspecified atom stereocenters. The van der Waals surface area contributed by atoms with Crippen LogP contribution >= 0.6 is 0 Å². The highest BCUT2D eigenvalue weighted by Gasteiger charge is 2.15. The fourth-order valence-corrected chi connectivity index (χ4v) is 1.73. The van der Waals surface area contributed by atoms with E-state index in [1.165, 1.54) is 0 Å². The van der Waals surface area contributed by atoms with Gasteiger partial charge >= 0.3 is 0 Å². The monoisotopic (exact) mass is 276 g/mol. The van der Waals surface area contributed by atoms with E-state index in [4.69, 9.17) is 14.7 Å². The molecule has 4 nitrogen and oxygen atoms in total. The molecule has 0 amide bonds. The molecule has 0 aliphatic carbocycles. The Bertz CT molecular complexity index is 476. The van der Waals surface area contributed by atoms with Gasteiger partial charge in [-0.25, -0.2) is 0 Å². The van der Waals surface area contributed by atoms with Crippen LogP contribution < -0.4 is 14.8 Å². The summed E-state index contributed by atoms with van der Waals surface area (Å²) in [6.45, 7) is 9.15. The summed E-state index contributed by atoms with van der Waals surface area (Å²) in [6.07, 6.45) is 0.115. The third-order valence-electron chi connectivity index (χ3n) is 2.79. The summed E-state index contributed by atoms with van der Waals surface area (Å²) >= 11 is 0. The van der Waals surface area contributed by atoms with Crippen molar-refractivity contribution >= 4 is 0 Å². The molecule has 110 valence electrons. The van der Waals surface area contributed by atoms with Crippen molar-refractivity contribution in [2.45, 2.75) is 40.3 Å². The maximum atomic E-state index is 8.97. The third kappa shape index (κ3) is 5.10. The summed E-state index contributed by atoms with van der Waals surface area (Å²) in [5, 5.41) is 12.3.